The van der Waals surface area contributed by atoms with Gasteiger partial charge in [-0.05, 0) is 29.1 Å². The van der Waals surface area contributed by atoms with Gasteiger partial charge >= 0.3 is 0 Å². The quantitative estimate of drug-likeness (QED) is 0.784. The molecule has 0 aliphatic rings. The van der Waals surface area contributed by atoms with Crippen LogP contribution in [-0.4, -0.2) is 39.2 Å². The van der Waals surface area contributed by atoms with Gasteiger partial charge in [0.1, 0.15) is 16.2 Å². The van der Waals surface area contributed by atoms with Crippen LogP contribution in [0.25, 0.3) is 0 Å². The highest BCUT2D eigenvalue weighted by atomic mass is 79.9. The van der Waals surface area contributed by atoms with Gasteiger partial charge in [-0.1, -0.05) is 13.8 Å². The zero-order chi connectivity index (χ0) is 13.7. The molecule has 0 saturated heterocycles. The molecule has 102 valence electrons. The third-order valence-electron chi connectivity index (χ3n) is 2.64. The van der Waals surface area contributed by atoms with Gasteiger partial charge in [-0.15, -0.1) is 0 Å². The summed E-state index contributed by atoms with van der Waals surface area (Å²) in [5, 5.41) is 12.7. The summed E-state index contributed by atoms with van der Waals surface area (Å²) in [4.78, 5) is 8.82. The SMILES string of the molecule is CSC(CO)C(C)Nc1cc(Br)nc(C(C)C)n1. The fourth-order valence-electron chi connectivity index (χ4n) is 1.53. The highest BCUT2D eigenvalue weighted by molar-refractivity contribution is 9.10. The first-order valence-corrected chi connectivity index (χ1v) is 8.00. The molecule has 2 N–H and O–H groups in total. The molecule has 1 aromatic rings. The van der Waals surface area contributed by atoms with E-state index >= 15 is 0 Å². The van der Waals surface area contributed by atoms with E-state index in [1.165, 1.54) is 0 Å². The lowest BCUT2D eigenvalue weighted by atomic mass is 10.2. The smallest absolute Gasteiger partial charge is 0.134 e. The van der Waals surface area contributed by atoms with Crippen molar-refractivity contribution in [3.63, 3.8) is 0 Å². The summed E-state index contributed by atoms with van der Waals surface area (Å²) in [6.45, 7) is 6.32. The predicted octanol–water partition coefficient (Wildman–Crippen LogP) is 2.89. The second-order valence-electron chi connectivity index (χ2n) is 4.48. The molecule has 6 heteroatoms. The van der Waals surface area contributed by atoms with Crippen LogP contribution in [-0.2, 0) is 0 Å². The molecule has 2 atom stereocenters. The molecule has 0 spiro atoms. The highest BCUT2D eigenvalue weighted by Crippen LogP contribution is 2.20. The van der Waals surface area contributed by atoms with Gasteiger partial charge in [-0.3, -0.25) is 0 Å². The fraction of sp³-hybridized carbons (Fsp3) is 0.667. The molecular weight excluding hydrogens is 314 g/mol. The summed E-state index contributed by atoms with van der Waals surface area (Å²) in [6, 6.07) is 2.00. The summed E-state index contributed by atoms with van der Waals surface area (Å²) in [5.41, 5.74) is 0. The van der Waals surface area contributed by atoms with E-state index in [4.69, 9.17) is 0 Å². The molecule has 18 heavy (non-hydrogen) atoms. The number of halogens is 1. The molecule has 0 fully saturated rings. The van der Waals surface area contributed by atoms with Crippen LogP contribution in [0.15, 0.2) is 10.7 Å². The standard InChI is InChI=1S/C12H20BrN3OS/c1-7(2)12-15-10(13)5-11(16-12)14-8(3)9(6-17)18-4/h5,7-9,17H,6H2,1-4H3,(H,14,15,16). The number of anilines is 1. The van der Waals surface area contributed by atoms with E-state index in [1.807, 2.05) is 19.2 Å². The number of nitrogens with zero attached hydrogens (tertiary/aromatic N) is 2. The van der Waals surface area contributed by atoms with Crippen LogP contribution in [0, 0.1) is 0 Å². The molecule has 0 bridgehead atoms. The molecule has 0 aromatic carbocycles. The predicted molar refractivity (Wildman–Crippen MR) is 81.3 cm³/mol. The number of aliphatic hydroxyl groups excluding tert-OH is 1. The molecular formula is C12H20BrN3OS. The second kappa shape index (κ2) is 7.31. The average Bonchev–Trinajstić information content (AvgIpc) is 2.29. The molecule has 0 saturated carbocycles. The normalized spacial score (nSPS) is 14.6. The Labute approximate surface area is 121 Å². The first-order valence-electron chi connectivity index (χ1n) is 5.92. The van der Waals surface area contributed by atoms with Crippen LogP contribution in [0.5, 0.6) is 0 Å². The van der Waals surface area contributed by atoms with Crippen molar-refractivity contribution < 1.29 is 5.11 Å². The van der Waals surface area contributed by atoms with Crippen LogP contribution in [0.3, 0.4) is 0 Å². The summed E-state index contributed by atoms with van der Waals surface area (Å²) in [5.74, 6) is 1.89. The third-order valence-corrected chi connectivity index (χ3v) is 4.21. The minimum absolute atomic E-state index is 0.145. The topological polar surface area (TPSA) is 58.0 Å². The number of aromatic nitrogens is 2. The van der Waals surface area contributed by atoms with Crippen LogP contribution in [0.4, 0.5) is 5.82 Å². The zero-order valence-electron chi connectivity index (χ0n) is 11.1. The number of aliphatic hydroxyl groups is 1. The largest absolute Gasteiger partial charge is 0.395 e. The van der Waals surface area contributed by atoms with Crippen molar-refractivity contribution in [3.8, 4) is 0 Å². The average molecular weight is 334 g/mol. The maximum atomic E-state index is 9.27. The number of hydrogen-bond donors (Lipinski definition) is 2. The summed E-state index contributed by atoms with van der Waals surface area (Å²) in [6.07, 6.45) is 1.99. The molecule has 0 amide bonds. The Morgan fingerprint density at radius 3 is 2.56 bits per heavy atom. The molecule has 0 aliphatic heterocycles. The Hall–Kier alpha value is -0.330. The molecule has 4 nitrogen and oxygen atoms in total. The second-order valence-corrected chi connectivity index (χ2v) is 6.37. The number of rotatable bonds is 6. The maximum Gasteiger partial charge on any atom is 0.134 e. The minimum atomic E-state index is 0.145. The van der Waals surface area contributed by atoms with E-state index in [0.29, 0.717) is 0 Å². The monoisotopic (exact) mass is 333 g/mol. The van der Waals surface area contributed by atoms with Crippen molar-refractivity contribution in [2.75, 3.05) is 18.2 Å². The van der Waals surface area contributed by atoms with Crippen LogP contribution in [0.1, 0.15) is 32.5 Å². The van der Waals surface area contributed by atoms with Gasteiger partial charge in [-0.25, -0.2) is 9.97 Å². The van der Waals surface area contributed by atoms with E-state index in [9.17, 15) is 5.11 Å². The van der Waals surface area contributed by atoms with Crippen molar-refractivity contribution in [1.82, 2.24) is 9.97 Å². The Morgan fingerprint density at radius 1 is 1.39 bits per heavy atom. The Morgan fingerprint density at radius 2 is 2.06 bits per heavy atom. The zero-order valence-corrected chi connectivity index (χ0v) is 13.5. The number of thioether (sulfide) groups is 1. The van der Waals surface area contributed by atoms with Gasteiger partial charge < -0.3 is 10.4 Å². The van der Waals surface area contributed by atoms with E-state index in [2.05, 4.69) is 45.1 Å². The fourth-order valence-corrected chi connectivity index (χ4v) is 2.55. The van der Waals surface area contributed by atoms with Gasteiger partial charge in [0.25, 0.3) is 0 Å². The van der Waals surface area contributed by atoms with Crippen LogP contribution >= 0.6 is 27.7 Å². The van der Waals surface area contributed by atoms with Crippen molar-refractivity contribution >= 4 is 33.5 Å². The number of nitrogens with one attached hydrogen (secondary N) is 1. The van der Waals surface area contributed by atoms with E-state index < -0.39 is 0 Å². The number of hydrogen-bond acceptors (Lipinski definition) is 5. The minimum Gasteiger partial charge on any atom is -0.395 e. The lowest BCUT2D eigenvalue weighted by Crippen LogP contribution is -2.31. The van der Waals surface area contributed by atoms with Crippen LogP contribution in [0.2, 0.25) is 0 Å². The van der Waals surface area contributed by atoms with Gasteiger partial charge in [0.2, 0.25) is 0 Å². The Balaban J connectivity index is 2.83. The first-order chi connectivity index (χ1) is 8.47. The maximum absolute atomic E-state index is 9.27. The molecule has 1 heterocycles. The van der Waals surface area contributed by atoms with Crippen molar-refractivity contribution in [2.45, 2.75) is 38.0 Å². The first kappa shape index (κ1) is 15.7. The highest BCUT2D eigenvalue weighted by Gasteiger charge is 2.16. The molecule has 1 aromatic heterocycles. The van der Waals surface area contributed by atoms with Gasteiger partial charge in [0.15, 0.2) is 0 Å². The summed E-state index contributed by atoms with van der Waals surface area (Å²) in [7, 11) is 0. The summed E-state index contributed by atoms with van der Waals surface area (Å²) >= 11 is 5.04. The van der Waals surface area contributed by atoms with Crippen molar-refractivity contribution in [2.24, 2.45) is 0 Å². The molecule has 0 aliphatic carbocycles. The van der Waals surface area contributed by atoms with Gasteiger partial charge in [0.05, 0.1) is 6.61 Å². The lowest BCUT2D eigenvalue weighted by Gasteiger charge is -2.22. The van der Waals surface area contributed by atoms with Crippen molar-refractivity contribution in [1.29, 1.82) is 0 Å². The van der Waals surface area contributed by atoms with Crippen LogP contribution < -0.4 is 5.32 Å². The van der Waals surface area contributed by atoms with Gasteiger partial charge in [0, 0.05) is 23.3 Å². The van der Waals surface area contributed by atoms with Gasteiger partial charge in [-0.2, -0.15) is 11.8 Å². The summed E-state index contributed by atoms with van der Waals surface area (Å²) < 4.78 is 0.778. The Bertz CT molecular complexity index is 386. The molecule has 0 radical (unpaired) electrons. The third kappa shape index (κ3) is 4.40. The lowest BCUT2D eigenvalue weighted by molar-refractivity contribution is 0.288. The Kier molecular flexibility index (Phi) is 6.38. The van der Waals surface area contributed by atoms with E-state index in [1.54, 1.807) is 11.8 Å². The molecule has 2 unspecified atom stereocenters. The molecule has 1 rings (SSSR count). The van der Waals surface area contributed by atoms with E-state index in [-0.39, 0.29) is 23.8 Å². The van der Waals surface area contributed by atoms with E-state index in [0.717, 1.165) is 16.2 Å². The van der Waals surface area contributed by atoms with Crippen molar-refractivity contribution in [3.05, 3.63) is 16.5 Å².